The van der Waals surface area contributed by atoms with Crippen LogP contribution in [0.15, 0.2) is 89.5 Å². The van der Waals surface area contributed by atoms with Crippen LogP contribution in [-0.2, 0) is 0 Å². The number of anilines is 1. The number of para-hydroxylation sites is 1. The minimum absolute atomic E-state index is 0.00745. The molecule has 0 saturated carbocycles. The number of hydrogen-bond donors (Lipinski definition) is 1. The van der Waals surface area contributed by atoms with E-state index in [2.05, 4.69) is 17.2 Å². The highest BCUT2D eigenvalue weighted by Crippen LogP contribution is 2.30. The van der Waals surface area contributed by atoms with Crippen LogP contribution < -0.4 is 5.32 Å². The normalized spacial score (nSPS) is 15.7. The van der Waals surface area contributed by atoms with Gasteiger partial charge in [-0.15, -0.1) is 0 Å². The Hall–Kier alpha value is -3.86. The van der Waals surface area contributed by atoms with Crippen LogP contribution in [0.3, 0.4) is 0 Å². The van der Waals surface area contributed by atoms with E-state index in [9.17, 15) is 4.79 Å². The molecule has 0 spiro atoms. The van der Waals surface area contributed by atoms with Crippen molar-refractivity contribution < 1.29 is 9.21 Å². The van der Waals surface area contributed by atoms with Gasteiger partial charge in [0.05, 0.1) is 11.8 Å². The first-order valence-electron chi connectivity index (χ1n) is 10.9. The molecule has 5 rings (SSSR count). The number of aromatic nitrogens is 1. The highest BCUT2D eigenvalue weighted by atomic mass is 16.4. The summed E-state index contributed by atoms with van der Waals surface area (Å²) >= 11 is 0. The average molecular weight is 424 g/mol. The predicted molar refractivity (Wildman–Crippen MR) is 126 cm³/mol. The summed E-state index contributed by atoms with van der Waals surface area (Å²) in [6.07, 6.45) is 2.64. The van der Waals surface area contributed by atoms with E-state index in [1.54, 1.807) is 6.20 Å². The smallest absolute Gasteiger partial charge is 0.254 e. The third-order valence-electron chi connectivity index (χ3n) is 5.85. The molecule has 1 fully saturated rings. The summed E-state index contributed by atoms with van der Waals surface area (Å²) in [5.41, 5.74) is 4.57. The molecule has 4 aromatic rings. The van der Waals surface area contributed by atoms with Gasteiger partial charge in [0.1, 0.15) is 0 Å². The number of benzene rings is 3. The number of carbonyl (C=O) groups excluding carboxylic acids is 1. The summed E-state index contributed by atoms with van der Waals surface area (Å²) in [6, 6.07) is 26.0. The second kappa shape index (κ2) is 8.71. The van der Waals surface area contributed by atoms with Crippen molar-refractivity contribution in [3.8, 4) is 22.8 Å². The van der Waals surface area contributed by atoms with Gasteiger partial charge in [-0.2, -0.15) is 0 Å². The van der Waals surface area contributed by atoms with Crippen molar-refractivity contribution in [2.45, 2.75) is 19.4 Å². The molecular formula is C27H25N3O2. The van der Waals surface area contributed by atoms with Crippen molar-refractivity contribution in [2.24, 2.45) is 0 Å². The quantitative estimate of drug-likeness (QED) is 0.451. The first-order chi connectivity index (χ1) is 15.7. The molecule has 1 saturated heterocycles. The lowest BCUT2D eigenvalue weighted by molar-refractivity contribution is 0.0792. The topological polar surface area (TPSA) is 58.4 Å². The summed E-state index contributed by atoms with van der Waals surface area (Å²) in [7, 11) is 0. The highest BCUT2D eigenvalue weighted by molar-refractivity contribution is 6.00. The summed E-state index contributed by atoms with van der Waals surface area (Å²) in [5.74, 6) is 1.16. The Morgan fingerprint density at radius 3 is 2.56 bits per heavy atom. The van der Waals surface area contributed by atoms with Crippen LogP contribution in [-0.4, -0.2) is 34.9 Å². The molecule has 1 unspecified atom stereocenters. The Labute approximate surface area is 187 Å². The standard InChI is InChI=1S/C27H25N3O2/c1-19-11-13-20(14-12-19)25-17-28-26(32-25)23-9-5-6-10-24(23)27(31)30-16-15-22(18-30)29-21-7-3-2-4-8-21/h2-14,17,22,29H,15-16,18H2,1H3. The Balaban J connectivity index is 1.35. The number of hydrogen-bond acceptors (Lipinski definition) is 4. The molecule has 160 valence electrons. The molecule has 0 aliphatic carbocycles. The molecule has 1 aromatic heterocycles. The molecule has 0 radical (unpaired) electrons. The lowest BCUT2D eigenvalue weighted by atomic mass is 10.1. The van der Waals surface area contributed by atoms with E-state index < -0.39 is 0 Å². The van der Waals surface area contributed by atoms with E-state index in [1.165, 1.54) is 5.56 Å². The van der Waals surface area contributed by atoms with Crippen molar-refractivity contribution in [3.05, 3.63) is 96.2 Å². The fourth-order valence-electron chi connectivity index (χ4n) is 4.11. The van der Waals surface area contributed by atoms with Crippen molar-refractivity contribution in [1.82, 2.24) is 9.88 Å². The molecule has 1 N–H and O–H groups in total. The van der Waals surface area contributed by atoms with Gasteiger partial charge in [-0.1, -0.05) is 60.2 Å². The molecular weight excluding hydrogens is 398 g/mol. The summed E-state index contributed by atoms with van der Waals surface area (Å²) in [5, 5.41) is 3.52. The largest absolute Gasteiger partial charge is 0.436 e. The Morgan fingerprint density at radius 2 is 1.75 bits per heavy atom. The zero-order valence-electron chi connectivity index (χ0n) is 18.0. The highest BCUT2D eigenvalue weighted by Gasteiger charge is 2.29. The molecule has 3 aromatic carbocycles. The SMILES string of the molecule is Cc1ccc(-c2cnc(-c3ccccc3C(=O)N3CCC(Nc4ccccc4)C3)o2)cc1. The number of amides is 1. The Bertz CT molecular complexity index is 1220. The van der Waals surface area contributed by atoms with E-state index in [1.807, 2.05) is 83.8 Å². The first kappa shape index (κ1) is 20.1. The second-order valence-electron chi connectivity index (χ2n) is 8.19. The molecule has 1 aliphatic heterocycles. The molecule has 1 aliphatic rings. The maximum atomic E-state index is 13.4. The van der Waals surface area contributed by atoms with E-state index in [0.29, 0.717) is 23.8 Å². The molecule has 32 heavy (non-hydrogen) atoms. The van der Waals surface area contributed by atoms with Crippen LogP contribution in [0.25, 0.3) is 22.8 Å². The lowest BCUT2D eigenvalue weighted by Gasteiger charge is -2.19. The van der Waals surface area contributed by atoms with Crippen LogP contribution >= 0.6 is 0 Å². The average Bonchev–Trinajstić information content (AvgIpc) is 3.50. The van der Waals surface area contributed by atoms with Crippen LogP contribution in [0.5, 0.6) is 0 Å². The molecule has 5 nitrogen and oxygen atoms in total. The lowest BCUT2D eigenvalue weighted by Crippen LogP contribution is -2.31. The van der Waals surface area contributed by atoms with Gasteiger partial charge in [0.25, 0.3) is 5.91 Å². The van der Waals surface area contributed by atoms with E-state index in [-0.39, 0.29) is 11.9 Å². The van der Waals surface area contributed by atoms with Gasteiger partial charge < -0.3 is 14.6 Å². The van der Waals surface area contributed by atoms with E-state index in [0.717, 1.165) is 29.8 Å². The number of likely N-dealkylation sites (tertiary alicyclic amines) is 1. The second-order valence-corrected chi connectivity index (χ2v) is 8.19. The van der Waals surface area contributed by atoms with Gasteiger partial charge in [-0.05, 0) is 37.6 Å². The molecule has 2 heterocycles. The minimum atomic E-state index is 0.00745. The van der Waals surface area contributed by atoms with Gasteiger partial charge in [-0.3, -0.25) is 4.79 Å². The number of oxazole rings is 1. The monoisotopic (exact) mass is 423 g/mol. The van der Waals surface area contributed by atoms with E-state index >= 15 is 0 Å². The fraction of sp³-hybridized carbons (Fsp3) is 0.185. The van der Waals surface area contributed by atoms with Crippen LogP contribution in [0.4, 0.5) is 5.69 Å². The first-order valence-corrected chi connectivity index (χ1v) is 10.9. The molecule has 0 bridgehead atoms. The maximum absolute atomic E-state index is 13.4. The zero-order chi connectivity index (χ0) is 21.9. The minimum Gasteiger partial charge on any atom is -0.436 e. The Kier molecular flexibility index (Phi) is 5.46. The molecule has 5 heteroatoms. The van der Waals surface area contributed by atoms with Gasteiger partial charge in [-0.25, -0.2) is 4.98 Å². The third kappa shape index (κ3) is 4.14. The summed E-state index contributed by atoms with van der Waals surface area (Å²) in [6.45, 7) is 3.44. The number of nitrogens with zero attached hydrogens (tertiary/aromatic N) is 2. The Morgan fingerprint density at radius 1 is 1.00 bits per heavy atom. The summed E-state index contributed by atoms with van der Waals surface area (Å²) in [4.78, 5) is 19.8. The van der Waals surface area contributed by atoms with E-state index in [4.69, 9.17) is 4.42 Å². The summed E-state index contributed by atoms with van der Waals surface area (Å²) < 4.78 is 6.06. The van der Waals surface area contributed by atoms with Crippen LogP contribution in [0, 0.1) is 6.92 Å². The van der Waals surface area contributed by atoms with Crippen LogP contribution in [0.2, 0.25) is 0 Å². The fourth-order valence-corrected chi connectivity index (χ4v) is 4.11. The molecule has 1 amide bonds. The number of nitrogens with one attached hydrogen (secondary N) is 1. The predicted octanol–water partition coefficient (Wildman–Crippen LogP) is 5.64. The van der Waals surface area contributed by atoms with Gasteiger partial charge in [0.15, 0.2) is 5.76 Å². The van der Waals surface area contributed by atoms with Gasteiger partial charge in [0.2, 0.25) is 5.89 Å². The van der Waals surface area contributed by atoms with Crippen LogP contribution in [0.1, 0.15) is 22.3 Å². The van der Waals surface area contributed by atoms with Crippen molar-refractivity contribution in [1.29, 1.82) is 0 Å². The van der Waals surface area contributed by atoms with Crippen molar-refractivity contribution in [3.63, 3.8) is 0 Å². The number of carbonyl (C=O) groups is 1. The van der Waals surface area contributed by atoms with Gasteiger partial charge in [0, 0.05) is 35.9 Å². The zero-order valence-corrected chi connectivity index (χ0v) is 18.0. The molecule has 1 atom stereocenters. The number of aryl methyl sites for hydroxylation is 1. The van der Waals surface area contributed by atoms with Crippen molar-refractivity contribution >= 4 is 11.6 Å². The van der Waals surface area contributed by atoms with Crippen molar-refractivity contribution in [2.75, 3.05) is 18.4 Å². The maximum Gasteiger partial charge on any atom is 0.254 e. The number of rotatable bonds is 5. The third-order valence-corrected chi connectivity index (χ3v) is 5.85. The van der Waals surface area contributed by atoms with Gasteiger partial charge >= 0.3 is 0 Å².